The number of amides is 1. The minimum Gasteiger partial charge on any atom is -0.328 e. The van der Waals surface area contributed by atoms with E-state index in [1.165, 1.54) is 0 Å². The summed E-state index contributed by atoms with van der Waals surface area (Å²) in [5.41, 5.74) is 0.560. The van der Waals surface area contributed by atoms with Gasteiger partial charge in [-0.15, -0.1) is 17.5 Å². The van der Waals surface area contributed by atoms with E-state index in [1.807, 2.05) is 6.92 Å². The Bertz CT molecular complexity index is 558. The highest BCUT2D eigenvalue weighted by atomic mass is 35.5. The Balaban J connectivity index is 0.00000312. The van der Waals surface area contributed by atoms with Crippen LogP contribution >= 0.6 is 12.4 Å². The molecule has 1 amide bonds. The van der Waals surface area contributed by atoms with Crippen molar-refractivity contribution in [1.82, 2.24) is 25.2 Å². The van der Waals surface area contributed by atoms with Gasteiger partial charge in [0.25, 0.3) is 5.91 Å². The van der Waals surface area contributed by atoms with E-state index in [1.54, 1.807) is 11.6 Å². The van der Waals surface area contributed by atoms with Crippen LogP contribution in [-0.2, 0) is 0 Å². The molecule has 0 spiro atoms. The van der Waals surface area contributed by atoms with Gasteiger partial charge in [0.1, 0.15) is 6.54 Å². The smallest absolute Gasteiger partial charge is 0.328 e. The molecule has 1 aromatic heterocycles. The number of piperidine rings is 1. The molecule has 2 rings (SSSR count). The van der Waals surface area contributed by atoms with Gasteiger partial charge in [0.05, 0.1) is 11.7 Å². The summed E-state index contributed by atoms with van der Waals surface area (Å²) in [5.74, 6) is -0.696. The minimum atomic E-state index is -4.43. The first-order valence-electron chi connectivity index (χ1n) is 8.32. The maximum absolute atomic E-state index is 12.8. The molecule has 6 nitrogen and oxygen atoms in total. The Morgan fingerprint density at radius 2 is 2.00 bits per heavy atom. The molecule has 1 aliphatic rings. The SMILES string of the molecule is CCCCN(CC(F)(F)F)C(=O)c1nnn(C2CCNCC2)c1C.Cl. The zero-order valence-corrected chi connectivity index (χ0v) is 15.3. The van der Waals surface area contributed by atoms with E-state index >= 15 is 0 Å². The molecule has 1 fully saturated rings. The van der Waals surface area contributed by atoms with Crippen LogP contribution in [0.4, 0.5) is 13.2 Å². The summed E-state index contributed by atoms with van der Waals surface area (Å²) < 4.78 is 40.0. The van der Waals surface area contributed by atoms with Crippen molar-refractivity contribution >= 4 is 18.3 Å². The van der Waals surface area contributed by atoms with Gasteiger partial charge in [-0.2, -0.15) is 13.2 Å². The number of halogens is 4. The molecule has 0 aliphatic carbocycles. The highest BCUT2D eigenvalue weighted by Gasteiger charge is 2.35. The number of nitrogens with one attached hydrogen (secondary N) is 1. The van der Waals surface area contributed by atoms with Crippen LogP contribution in [0.5, 0.6) is 0 Å². The number of hydrogen-bond donors (Lipinski definition) is 1. The summed E-state index contributed by atoms with van der Waals surface area (Å²) in [6, 6.07) is 0.131. The molecule has 1 N–H and O–H groups in total. The number of alkyl halides is 3. The molecule has 0 aromatic carbocycles. The molecule has 1 aromatic rings. The second-order valence-corrected chi connectivity index (χ2v) is 6.14. The van der Waals surface area contributed by atoms with Gasteiger partial charge >= 0.3 is 6.18 Å². The molecule has 1 aliphatic heterocycles. The van der Waals surface area contributed by atoms with Gasteiger partial charge in [0, 0.05) is 6.54 Å². The quantitative estimate of drug-likeness (QED) is 0.820. The van der Waals surface area contributed by atoms with Crippen molar-refractivity contribution in [1.29, 1.82) is 0 Å². The second kappa shape index (κ2) is 9.38. The minimum absolute atomic E-state index is 0. The van der Waals surface area contributed by atoms with Crippen molar-refractivity contribution in [2.75, 3.05) is 26.2 Å². The fraction of sp³-hybridized carbons (Fsp3) is 0.800. The van der Waals surface area contributed by atoms with Crippen LogP contribution in [0.2, 0.25) is 0 Å². The van der Waals surface area contributed by atoms with Crippen molar-refractivity contribution in [2.24, 2.45) is 0 Å². The highest BCUT2D eigenvalue weighted by Crippen LogP contribution is 2.22. The second-order valence-electron chi connectivity index (χ2n) is 6.14. The summed E-state index contributed by atoms with van der Waals surface area (Å²) in [5, 5.41) is 11.2. The van der Waals surface area contributed by atoms with E-state index < -0.39 is 18.6 Å². The van der Waals surface area contributed by atoms with E-state index in [0.29, 0.717) is 18.5 Å². The van der Waals surface area contributed by atoms with Crippen molar-refractivity contribution in [2.45, 2.75) is 51.7 Å². The third-order valence-corrected chi connectivity index (χ3v) is 4.22. The van der Waals surface area contributed by atoms with Gasteiger partial charge < -0.3 is 10.2 Å². The Hall–Kier alpha value is -1.35. The standard InChI is InChI=1S/C15H24F3N5O.ClH/c1-3-4-9-22(10-15(16,17)18)14(24)13-11(2)23(21-20-13)12-5-7-19-8-6-12;/h12,19H,3-10H2,1-2H3;1H. The number of carbonyl (C=O) groups excluding carboxylic acids is 1. The third-order valence-electron chi connectivity index (χ3n) is 4.22. The number of nitrogens with zero attached hydrogens (tertiary/aromatic N) is 4. The number of aromatic nitrogens is 3. The lowest BCUT2D eigenvalue weighted by atomic mass is 10.1. The van der Waals surface area contributed by atoms with Crippen LogP contribution in [0.15, 0.2) is 0 Å². The molecular weight excluding hydrogens is 359 g/mol. The zero-order chi connectivity index (χ0) is 17.7. The van der Waals surface area contributed by atoms with Crippen LogP contribution in [-0.4, -0.2) is 58.2 Å². The molecule has 1 saturated heterocycles. The van der Waals surface area contributed by atoms with E-state index in [4.69, 9.17) is 0 Å². The monoisotopic (exact) mass is 383 g/mol. The summed E-state index contributed by atoms with van der Waals surface area (Å²) >= 11 is 0. The molecule has 0 bridgehead atoms. The number of unbranched alkanes of at least 4 members (excludes halogenated alkanes) is 1. The number of carbonyl (C=O) groups is 1. The van der Waals surface area contributed by atoms with E-state index in [9.17, 15) is 18.0 Å². The topological polar surface area (TPSA) is 63.1 Å². The van der Waals surface area contributed by atoms with Crippen molar-refractivity contribution in [3.05, 3.63) is 11.4 Å². The lowest BCUT2D eigenvalue weighted by Crippen LogP contribution is -2.40. The summed E-state index contributed by atoms with van der Waals surface area (Å²) in [4.78, 5) is 13.4. The van der Waals surface area contributed by atoms with Crippen LogP contribution in [0.3, 0.4) is 0 Å². The first-order valence-corrected chi connectivity index (χ1v) is 8.32. The summed E-state index contributed by atoms with van der Waals surface area (Å²) in [6.45, 7) is 4.07. The average Bonchev–Trinajstić information content (AvgIpc) is 2.92. The zero-order valence-electron chi connectivity index (χ0n) is 14.5. The Morgan fingerprint density at radius 1 is 1.36 bits per heavy atom. The van der Waals surface area contributed by atoms with Gasteiger partial charge in [-0.3, -0.25) is 4.79 Å². The molecule has 2 heterocycles. The average molecular weight is 384 g/mol. The first kappa shape index (κ1) is 21.7. The fourth-order valence-electron chi connectivity index (χ4n) is 2.90. The lowest BCUT2D eigenvalue weighted by Gasteiger charge is -2.24. The van der Waals surface area contributed by atoms with Gasteiger partial charge in [0.2, 0.25) is 0 Å². The predicted molar refractivity (Wildman–Crippen MR) is 90.0 cm³/mol. The van der Waals surface area contributed by atoms with E-state index in [2.05, 4.69) is 15.6 Å². The summed E-state index contributed by atoms with van der Waals surface area (Å²) in [6.07, 6.45) is -1.48. The summed E-state index contributed by atoms with van der Waals surface area (Å²) in [7, 11) is 0. The first-order chi connectivity index (χ1) is 11.3. The highest BCUT2D eigenvalue weighted by molar-refractivity contribution is 5.93. The fourth-order valence-corrected chi connectivity index (χ4v) is 2.90. The molecule has 25 heavy (non-hydrogen) atoms. The molecule has 144 valence electrons. The van der Waals surface area contributed by atoms with Crippen LogP contribution in [0.25, 0.3) is 0 Å². The van der Waals surface area contributed by atoms with Gasteiger partial charge in [-0.25, -0.2) is 4.68 Å². The van der Waals surface area contributed by atoms with Crippen molar-refractivity contribution < 1.29 is 18.0 Å². The number of rotatable bonds is 6. The van der Waals surface area contributed by atoms with E-state index in [-0.39, 0.29) is 30.7 Å². The Kier molecular flexibility index (Phi) is 8.14. The number of hydrogen-bond acceptors (Lipinski definition) is 4. The predicted octanol–water partition coefficient (Wildman–Crippen LogP) is 2.74. The van der Waals surface area contributed by atoms with Crippen molar-refractivity contribution in [3.8, 4) is 0 Å². The van der Waals surface area contributed by atoms with Crippen LogP contribution < -0.4 is 5.32 Å². The van der Waals surface area contributed by atoms with Crippen LogP contribution in [0.1, 0.15) is 54.8 Å². The normalized spacial score (nSPS) is 15.7. The molecule has 0 saturated carbocycles. The Labute approximate surface area is 151 Å². The molecule has 0 radical (unpaired) electrons. The lowest BCUT2D eigenvalue weighted by molar-refractivity contribution is -0.140. The van der Waals surface area contributed by atoms with Crippen LogP contribution in [0, 0.1) is 6.92 Å². The molecule has 0 unspecified atom stereocenters. The maximum atomic E-state index is 12.8. The maximum Gasteiger partial charge on any atom is 0.406 e. The third kappa shape index (κ3) is 5.85. The largest absolute Gasteiger partial charge is 0.406 e. The van der Waals surface area contributed by atoms with Gasteiger partial charge in [-0.1, -0.05) is 18.6 Å². The molecule has 10 heteroatoms. The van der Waals surface area contributed by atoms with E-state index in [0.717, 1.165) is 30.8 Å². The Morgan fingerprint density at radius 3 is 2.56 bits per heavy atom. The molecule has 0 atom stereocenters. The van der Waals surface area contributed by atoms with Gasteiger partial charge in [0.15, 0.2) is 5.69 Å². The van der Waals surface area contributed by atoms with Gasteiger partial charge in [-0.05, 0) is 39.3 Å². The van der Waals surface area contributed by atoms with Crippen molar-refractivity contribution in [3.63, 3.8) is 0 Å². The molecular formula is C15H25ClF3N5O.